The molecule has 1 aromatic heterocycles. The summed E-state index contributed by atoms with van der Waals surface area (Å²) in [4.78, 5) is 11.2. The van der Waals surface area contributed by atoms with Crippen molar-refractivity contribution in [2.75, 3.05) is 0 Å². The van der Waals surface area contributed by atoms with Crippen molar-refractivity contribution in [1.29, 1.82) is 0 Å². The summed E-state index contributed by atoms with van der Waals surface area (Å²) < 4.78 is 28.5. The molecule has 1 heterocycles. The number of benzene rings is 1. The highest BCUT2D eigenvalue weighted by Crippen LogP contribution is 2.32. The van der Waals surface area contributed by atoms with Crippen molar-refractivity contribution in [3.05, 3.63) is 40.6 Å². The number of aromatic nitrogens is 2. The Balaban J connectivity index is 2.75. The lowest BCUT2D eigenvalue weighted by Gasteiger charge is -2.20. The molecule has 0 aliphatic heterocycles. The van der Waals surface area contributed by atoms with Gasteiger partial charge in [0, 0.05) is 5.56 Å². The van der Waals surface area contributed by atoms with E-state index in [9.17, 15) is 13.6 Å². The molecule has 106 valence electrons. The van der Waals surface area contributed by atoms with E-state index in [1.165, 1.54) is 4.68 Å². The maximum atomic E-state index is 13.8. The molecule has 1 aromatic carbocycles. The molecule has 2 rings (SSSR count). The van der Waals surface area contributed by atoms with Crippen molar-refractivity contribution in [2.45, 2.75) is 26.3 Å². The summed E-state index contributed by atoms with van der Waals surface area (Å²) >= 11 is 6.11. The number of hydrogen-bond donors (Lipinski definition) is 0. The summed E-state index contributed by atoms with van der Waals surface area (Å²) in [7, 11) is 0. The van der Waals surface area contributed by atoms with Gasteiger partial charge in [-0.05, 0) is 39.0 Å². The number of halogens is 3. The van der Waals surface area contributed by atoms with Gasteiger partial charge in [0.2, 0.25) is 0 Å². The Morgan fingerprint density at radius 3 is 2.50 bits per heavy atom. The number of nitrogens with zero attached hydrogens (tertiary/aromatic N) is 2. The zero-order valence-corrected chi connectivity index (χ0v) is 12.0. The van der Waals surface area contributed by atoms with Crippen LogP contribution in [0.2, 0.25) is 5.15 Å². The Bertz CT molecular complexity index is 675. The van der Waals surface area contributed by atoms with Crippen LogP contribution < -0.4 is 0 Å². The Labute approximate surface area is 120 Å². The van der Waals surface area contributed by atoms with Gasteiger partial charge in [-0.2, -0.15) is 5.10 Å². The second-order valence-electron chi connectivity index (χ2n) is 5.38. The van der Waals surface area contributed by atoms with Crippen LogP contribution in [0.25, 0.3) is 11.3 Å². The topological polar surface area (TPSA) is 34.9 Å². The van der Waals surface area contributed by atoms with E-state index < -0.39 is 17.2 Å². The first kappa shape index (κ1) is 14.7. The fraction of sp³-hybridized carbons (Fsp3) is 0.286. The molecule has 20 heavy (non-hydrogen) atoms. The molecule has 0 spiro atoms. The Morgan fingerprint density at radius 2 is 1.95 bits per heavy atom. The number of rotatable bonds is 2. The lowest BCUT2D eigenvalue weighted by Crippen LogP contribution is -2.23. The third kappa shape index (κ3) is 2.45. The molecule has 0 aliphatic carbocycles. The third-order valence-electron chi connectivity index (χ3n) is 2.80. The molecule has 0 saturated heterocycles. The Hall–Kier alpha value is -1.75. The highest BCUT2D eigenvalue weighted by molar-refractivity contribution is 6.32. The number of carbonyl (C=O) groups excluding carboxylic acids is 1. The minimum atomic E-state index is -0.662. The van der Waals surface area contributed by atoms with E-state index in [2.05, 4.69) is 5.10 Å². The summed E-state index contributed by atoms with van der Waals surface area (Å²) in [6.45, 7) is 5.52. The smallest absolute Gasteiger partial charge is 0.155 e. The minimum absolute atomic E-state index is 0.0388. The lowest BCUT2D eigenvalue weighted by atomic mass is 10.1. The molecule has 2 aromatic rings. The van der Waals surface area contributed by atoms with Gasteiger partial charge in [-0.15, -0.1) is 0 Å². The maximum absolute atomic E-state index is 13.8. The first-order valence-corrected chi connectivity index (χ1v) is 6.33. The van der Waals surface area contributed by atoms with E-state index in [0.717, 1.165) is 18.2 Å². The molecule has 0 saturated carbocycles. The van der Waals surface area contributed by atoms with Crippen LogP contribution >= 0.6 is 11.6 Å². The predicted octanol–water partition coefficient (Wildman–Crippen LogP) is 4.05. The van der Waals surface area contributed by atoms with Crippen LogP contribution in [0.3, 0.4) is 0 Å². The highest BCUT2D eigenvalue weighted by atomic mass is 35.5. The van der Waals surface area contributed by atoms with Crippen LogP contribution in [-0.4, -0.2) is 16.1 Å². The molecule has 0 N–H and O–H groups in total. The van der Waals surface area contributed by atoms with Crippen molar-refractivity contribution in [3.8, 4) is 11.3 Å². The number of aldehydes is 1. The van der Waals surface area contributed by atoms with Crippen LogP contribution in [-0.2, 0) is 5.54 Å². The van der Waals surface area contributed by atoms with Gasteiger partial charge in [-0.1, -0.05) is 11.6 Å². The number of carbonyl (C=O) groups is 1. The van der Waals surface area contributed by atoms with E-state index in [1.54, 1.807) is 0 Å². The average Bonchev–Trinajstić information content (AvgIpc) is 2.69. The standard InChI is InChI=1S/C14H13ClF2N2O/c1-14(2,3)19-13(15)10(7-20)12(18-19)9-6-8(16)4-5-11(9)17/h4-7H,1-3H3. The van der Waals surface area contributed by atoms with Gasteiger partial charge < -0.3 is 0 Å². The summed E-state index contributed by atoms with van der Waals surface area (Å²) in [6, 6.07) is 2.99. The van der Waals surface area contributed by atoms with Crippen molar-refractivity contribution in [2.24, 2.45) is 0 Å². The second kappa shape index (κ2) is 4.98. The van der Waals surface area contributed by atoms with Gasteiger partial charge in [0.05, 0.1) is 11.1 Å². The highest BCUT2D eigenvalue weighted by Gasteiger charge is 2.25. The molecular formula is C14H13ClF2N2O. The molecule has 0 aliphatic rings. The first-order chi connectivity index (χ1) is 9.25. The Morgan fingerprint density at radius 1 is 1.30 bits per heavy atom. The van der Waals surface area contributed by atoms with Gasteiger partial charge in [0.15, 0.2) is 6.29 Å². The van der Waals surface area contributed by atoms with E-state index in [-0.39, 0.29) is 22.0 Å². The zero-order chi connectivity index (χ0) is 15.1. The van der Waals surface area contributed by atoms with Crippen molar-refractivity contribution in [1.82, 2.24) is 9.78 Å². The monoisotopic (exact) mass is 298 g/mol. The fourth-order valence-electron chi connectivity index (χ4n) is 1.84. The molecular weight excluding hydrogens is 286 g/mol. The van der Waals surface area contributed by atoms with Crippen LogP contribution in [0.4, 0.5) is 8.78 Å². The van der Waals surface area contributed by atoms with Gasteiger partial charge in [-0.3, -0.25) is 4.79 Å². The van der Waals surface area contributed by atoms with Crippen LogP contribution in [0.15, 0.2) is 18.2 Å². The SMILES string of the molecule is CC(C)(C)n1nc(-c2cc(F)ccc2F)c(C=O)c1Cl. The summed E-state index contributed by atoms with van der Waals surface area (Å²) in [5.74, 6) is -1.27. The normalized spacial score (nSPS) is 11.7. The zero-order valence-electron chi connectivity index (χ0n) is 11.2. The summed E-state index contributed by atoms with van der Waals surface area (Å²) in [5.41, 5.74) is -0.489. The van der Waals surface area contributed by atoms with Crippen molar-refractivity contribution >= 4 is 17.9 Å². The maximum Gasteiger partial charge on any atom is 0.155 e. The summed E-state index contributed by atoms with van der Waals surface area (Å²) in [5, 5.41) is 4.27. The molecule has 0 amide bonds. The van der Waals surface area contributed by atoms with Crippen molar-refractivity contribution in [3.63, 3.8) is 0 Å². The molecule has 0 bridgehead atoms. The van der Waals surface area contributed by atoms with Gasteiger partial charge in [0.1, 0.15) is 22.5 Å². The first-order valence-electron chi connectivity index (χ1n) is 5.95. The summed E-state index contributed by atoms with van der Waals surface area (Å²) in [6.07, 6.45) is 0.497. The van der Waals surface area contributed by atoms with E-state index >= 15 is 0 Å². The average molecular weight is 299 g/mol. The van der Waals surface area contributed by atoms with E-state index in [1.807, 2.05) is 20.8 Å². The molecule has 3 nitrogen and oxygen atoms in total. The molecule has 6 heteroatoms. The van der Waals surface area contributed by atoms with E-state index in [0.29, 0.717) is 6.29 Å². The van der Waals surface area contributed by atoms with E-state index in [4.69, 9.17) is 11.6 Å². The fourth-order valence-corrected chi connectivity index (χ4v) is 2.26. The van der Waals surface area contributed by atoms with Crippen LogP contribution in [0.5, 0.6) is 0 Å². The van der Waals surface area contributed by atoms with Crippen LogP contribution in [0.1, 0.15) is 31.1 Å². The molecule has 0 atom stereocenters. The quantitative estimate of drug-likeness (QED) is 0.784. The second-order valence-corrected chi connectivity index (χ2v) is 5.74. The van der Waals surface area contributed by atoms with Gasteiger partial charge >= 0.3 is 0 Å². The third-order valence-corrected chi connectivity index (χ3v) is 3.16. The molecule has 0 unspecified atom stereocenters. The molecule has 0 radical (unpaired) electrons. The van der Waals surface area contributed by atoms with Gasteiger partial charge in [0.25, 0.3) is 0 Å². The minimum Gasteiger partial charge on any atom is -0.298 e. The van der Waals surface area contributed by atoms with Crippen LogP contribution in [0, 0.1) is 11.6 Å². The lowest BCUT2D eigenvalue weighted by molar-refractivity contribution is 0.112. The Kier molecular flexibility index (Phi) is 3.65. The number of hydrogen-bond acceptors (Lipinski definition) is 2. The largest absolute Gasteiger partial charge is 0.298 e. The predicted molar refractivity (Wildman–Crippen MR) is 73.0 cm³/mol. The molecule has 0 fully saturated rings. The van der Waals surface area contributed by atoms with Gasteiger partial charge in [-0.25, -0.2) is 13.5 Å². The van der Waals surface area contributed by atoms with Crippen molar-refractivity contribution < 1.29 is 13.6 Å².